The Morgan fingerprint density at radius 1 is 0.933 bits per heavy atom. The minimum absolute atomic E-state index is 0.208. The molecular formula is C23H22FN3O3. The molecule has 0 saturated heterocycles. The fourth-order valence-corrected chi connectivity index (χ4v) is 2.92. The monoisotopic (exact) mass is 407 g/mol. The fourth-order valence-electron chi connectivity index (χ4n) is 2.92. The summed E-state index contributed by atoms with van der Waals surface area (Å²) in [5.41, 5.74) is 7.46. The van der Waals surface area contributed by atoms with Gasteiger partial charge in [-0.15, -0.1) is 0 Å². The minimum Gasteiger partial charge on any atom is -0.489 e. The van der Waals surface area contributed by atoms with Crippen molar-refractivity contribution >= 4 is 17.6 Å². The minimum atomic E-state index is -0.822. The number of rotatable bonds is 8. The fraction of sp³-hybridized carbons (Fsp3) is 0.130. The SMILES string of the molecule is NC(=O)N[C@H](Cc1ccccc1)C(=O)Nc1cccc(COc2cccc(F)c2)c1. The molecule has 3 aromatic rings. The van der Waals surface area contributed by atoms with E-state index >= 15 is 0 Å². The maximum atomic E-state index is 13.3. The van der Waals surface area contributed by atoms with Crippen molar-refractivity contribution in [3.63, 3.8) is 0 Å². The molecule has 0 radical (unpaired) electrons. The smallest absolute Gasteiger partial charge is 0.312 e. The van der Waals surface area contributed by atoms with E-state index in [2.05, 4.69) is 10.6 Å². The van der Waals surface area contributed by atoms with Crippen LogP contribution in [0.15, 0.2) is 78.9 Å². The molecule has 0 aromatic heterocycles. The molecule has 0 aliphatic carbocycles. The van der Waals surface area contributed by atoms with Gasteiger partial charge in [-0.3, -0.25) is 4.79 Å². The third kappa shape index (κ3) is 6.34. The van der Waals surface area contributed by atoms with Gasteiger partial charge in [0.15, 0.2) is 0 Å². The number of urea groups is 1. The number of primary amides is 1. The number of anilines is 1. The molecule has 4 N–H and O–H groups in total. The topological polar surface area (TPSA) is 93.5 Å². The highest BCUT2D eigenvalue weighted by Crippen LogP contribution is 2.17. The van der Waals surface area contributed by atoms with Crippen LogP contribution in [0.2, 0.25) is 0 Å². The van der Waals surface area contributed by atoms with Gasteiger partial charge < -0.3 is 21.1 Å². The Kier molecular flexibility index (Phi) is 7.00. The number of hydrogen-bond acceptors (Lipinski definition) is 3. The number of carbonyl (C=O) groups is 2. The predicted molar refractivity (Wildman–Crippen MR) is 112 cm³/mol. The number of benzene rings is 3. The van der Waals surface area contributed by atoms with Gasteiger partial charge in [0.25, 0.3) is 0 Å². The van der Waals surface area contributed by atoms with Gasteiger partial charge in [0, 0.05) is 18.2 Å². The molecule has 0 unspecified atom stereocenters. The molecule has 0 saturated carbocycles. The molecule has 154 valence electrons. The number of nitrogens with two attached hydrogens (primary N) is 1. The summed E-state index contributed by atoms with van der Waals surface area (Å²) in [5.74, 6) is -0.348. The maximum absolute atomic E-state index is 13.3. The van der Waals surface area contributed by atoms with E-state index in [0.717, 1.165) is 11.1 Å². The zero-order valence-corrected chi connectivity index (χ0v) is 16.2. The van der Waals surface area contributed by atoms with Crippen LogP contribution in [-0.4, -0.2) is 18.0 Å². The lowest BCUT2D eigenvalue weighted by Gasteiger charge is -2.18. The van der Waals surface area contributed by atoms with Crippen LogP contribution in [0.3, 0.4) is 0 Å². The first-order valence-corrected chi connectivity index (χ1v) is 9.37. The summed E-state index contributed by atoms with van der Waals surface area (Å²) in [6.45, 7) is 0.208. The standard InChI is InChI=1S/C23H22FN3O3/c24-18-9-5-11-20(14-18)30-15-17-8-4-10-19(12-17)26-22(28)21(27-23(25)29)13-16-6-2-1-3-7-16/h1-12,14,21H,13,15H2,(H,26,28)(H3,25,27,29)/t21-/m1/s1. The van der Waals surface area contributed by atoms with Crippen molar-refractivity contribution in [2.75, 3.05) is 5.32 Å². The third-order valence-electron chi connectivity index (χ3n) is 4.31. The van der Waals surface area contributed by atoms with Crippen LogP contribution >= 0.6 is 0 Å². The van der Waals surface area contributed by atoms with E-state index in [1.165, 1.54) is 12.1 Å². The Bertz CT molecular complexity index is 1010. The highest BCUT2D eigenvalue weighted by Gasteiger charge is 2.20. The van der Waals surface area contributed by atoms with Gasteiger partial charge in [-0.05, 0) is 35.4 Å². The van der Waals surface area contributed by atoms with Crippen LogP contribution < -0.4 is 21.1 Å². The lowest BCUT2D eigenvalue weighted by Crippen LogP contribution is -2.47. The van der Waals surface area contributed by atoms with Gasteiger partial charge in [0.2, 0.25) is 5.91 Å². The summed E-state index contributed by atoms with van der Waals surface area (Å²) < 4.78 is 18.8. The molecule has 3 aromatic carbocycles. The maximum Gasteiger partial charge on any atom is 0.312 e. The summed E-state index contributed by atoms with van der Waals surface area (Å²) in [4.78, 5) is 24.1. The number of hydrogen-bond donors (Lipinski definition) is 3. The zero-order valence-electron chi connectivity index (χ0n) is 16.2. The molecule has 0 fully saturated rings. The molecular weight excluding hydrogens is 385 g/mol. The van der Waals surface area contributed by atoms with Gasteiger partial charge in [0.1, 0.15) is 24.2 Å². The summed E-state index contributed by atoms with van der Waals surface area (Å²) in [5, 5.41) is 5.27. The highest BCUT2D eigenvalue weighted by atomic mass is 19.1. The second-order valence-electron chi connectivity index (χ2n) is 6.69. The van der Waals surface area contributed by atoms with Crippen LogP contribution in [0.4, 0.5) is 14.9 Å². The number of halogens is 1. The van der Waals surface area contributed by atoms with Gasteiger partial charge >= 0.3 is 6.03 Å². The van der Waals surface area contributed by atoms with Crippen molar-refractivity contribution in [1.29, 1.82) is 0 Å². The molecule has 30 heavy (non-hydrogen) atoms. The van der Waals surface area contributed by atoms with Gasteiger partial charge in [-0.1, -0.05) is 48.5 Å². The summed E-state index contributed by atoms with van der Waals surface area (Å²) in [6.07, 6.45) is 0.304. The van der Waals surface area contributed by atoms with Crippen molar-refractivity contribution in [2.24, 2.45) is 5.73 Å². The second kappa shape index (κ2) is 10.1. The lowest BCUT2D eigenvalue weighted by atomic mass is 10.1. The predicted octanol–water partition coefficient (Wildman–Crippen LogP) is 3.62. The van der Waals surface area contributed by atoms with Crippen molar-refractivity contribution in [1.82, 2.24) is 5.32 Å². The normalized spacial score (nSPS) is 11.4. The van der Waals surface area contributed by atoms with Crippen LogP contribution in [-0.2, 0) is 17.8 Å². The summed E-state index contributed by atoms with van der Waals surface area (Å²) in [6, 6.07) is 20.7. The van der Waals surface area contributed by atoms with Gasteiger partial charge in [-0.2, -0.15) is 0 Å². The van der Waals surface area contributed by atoms with Crippen LogP contribution in [0.25, 0.3) is 0 Å². The van der Waals surface area contributed by atoms with E-state index in [-0.39, 0.29) is 18.3 Å². The third-order valence-corrected chi connectivity index (χ3v) is 4.31. The number of ether oxygens (including phenoxy) is 1. The van der Waals surface area contributed by atoms with E-state index in [9.17, 15) is 14.0 Å². The quantitative estimate of drug-likeness (QED) is 0.532. The van der Waals surface area contributed by atoms with Crippen molar-refractivity contribution in [3.8, 4) is 5.75 Å². The Morgan fingerprint density at radius 3 is 2.40 bits per heavy atom. The van der Waals surface area contributed by atoms with Crippen LogP contribution in [0.5, 0.6) is 5.75 Å². The summed E-state index contributed by atoms with van der Waals surface area (Å²) in [7, 11) is 0. The van der Waals surface area contributed by atoms with Crippen molar-refractivity contribution < 1.29 is 18.7 Å². The van der Waals surface area contributed by atoms with E-state index in [1.807, 2.05) is 36.4 Å². The Hall–Kier alpha value is -3.87. The number of amides is 3. The molecule has 7 heteroatoms. The second-order valence-corrected chi connectivity index (χ2v) is 6.69. The Morgan fingerprint density at radius 2 is 1.67 bits per heavy atom. The molecule has 3 rings (SSSR count). The number of nitrogens with one attached hydrogen (secondary N) is 2. The van der Waals surface area contributed by atoms with E-state index in [1.54, 1.807) is 30.3 Å². The first-order chi connectivity index (χ1) is 14.5. The van der Waals surface area contributed by atoms with Crippen molar-refractivity contribution in [2.45, 2.75) is 19.1 Å². The molecule has 0 spiro atoms. The molecule has 0 heterocycles. The van der Waals surface area contributed by atoms with Crippen LogP contribution in [0.1, 0.15) is 11.1 Å². The molecule has 1 atom stereocenters. The Balaban J connectivity index is 1.65. The average molecular weight is 407 g/mol. The van der Waals surface area contributed by atoms with E-state index in [0.29, 0.717) is 17.9 Å². The van der Waals surface area contributed by atoms with E-state index in [4.69, 9.17) is 10.5 Å². The lowest BCUT2D eigenvalue weighted by molar-refractivity contribution is -0.117. The van der Waals surface area contributed by atoms with Gasteiger partial charge in [0.05, 0.1) is 0 Å². The molecule has 0 aliphatic heterocycles. The van der Waals surface area contributed by atoms with Crippen molar-refractivity contribution in [3.05, 3.63) is 95.8 Å². The zero-order chi connectivity index (χ0) is 21.3. The largest absolute Gasteiger partial charge is 0.489 e. The summed E-state index contributed by atoms with van der Waals surface area (Å²) >= 11 is 0. The first kappa shape index (κ1) is 20.9. The first-order valence-electron chi connectivity index (χ1n) is 9.37. The highest BCUT2D eigenvalue weighted by molar-refractivity contribution is 5.97. The molecule has 0 aliphatic rings. The molecule has 6 nitrogen and oxygen atoms in total. The Labute approximate surface area is 173 Å². The van der Waals surface area contributed by atoms with Gasteiger partial charge in [-0.25, -0.2) is 9.18 Å². The van der Waals surface area contributed by atoms with Crippen LogP contribution in [0, 0.1) is 5.82 Å². The van der Waals surface area contributed by atoms with E-state index < -0.39 is 12.1 Å². The number of carbonyl (C=O) groups excluding carboxylic acids is 2. The molecule has 0 bridgehead atoms. The average Bonchev–Trinajstić information content (AvgIpc) is 2.72. The molecule has 3 amide bonds.